The molecule has 1 aromatic rings. The summed E-state index contributed by atoms with van der Waals surface area (Å²) in [5.74, 6) is 0.739. The molecule has 0 bridgehead atoms. The van der Waals surface area contributed by atoms with Gasteiger partial charge >= 0.3 is 0 Å². The summed E-state index contributed by atoms with van der Waals surface area (Å²) >= 11 is 0. The summed E-state index contributed by atoms with van der Waals surface area (Å²) in [6.07, 6.45) is 1.83. The van der Waals surface area contributed by atoms with Gasteiger partial charge in [-0.3, -0.25) is 4.79 Å². The van der Waals surface area contributed by atoms with E-state index in [-0.39, 0.29) is 18.4 Å². The molecule has 4 heteroatoms. The van der Waals surface area contributed by atoms with Gasteiger partial charge in [-0.15, -0.1) is 0 Å². The zero-order valence-electron chi connectivity index (χ0n) is 13.2. The van der Waals surface area contributed by atoms with Gasteiger partial charge in [-0.05, 0) is 35.6 Å². The van der Waals surface area contributed by atoms with E-state index in [2.05, 4.69) is 5.32 Å². The van der Waals surface area contributed by atoms with Crippen LogP contribution in [0.25, 0.3) is 5.57 Å². The summed E-state index contributed by atoms with van der Waals surface area (Å²) in [4.78, 5) is 11.9. The molecule has 21 heavy (non-hydrogen) atoms. The molecule has 1 rings (SSSR count). The molecule has 1 amide bonds. The number of allylic oxidation sites excluding steroid dienone is 1. The standard InChI is InChI=1S/C17H25NO3/c1-5-13(14-6-8-15(21-4)9-7-14)10-17(20)18-11-16(19)12(2)3/h6-10,12,16,19H,5,11H2,1-4H3,(H,18,20)/b13-10-. The van der Waals surface area contributed by atoms with Crippen molar-refractivity contribution in [3.05, 3.63) is 35.9 Å². The van der Waals surface area contributed by atoms with Gasteiger partial charge in [0.1, 0.15) is 5.75 Å². The Bertz CT molecular complexity index is 477. The number of nitrogens with one attached hydrogen (secondary N) is 1. The number of benzene rings is 1. The number of aliphatic hydroxyl groups is 1. The molecule has 4 nitrogen and oxygen atoms in total. The first kappa shape index (κ1) is 17.2. The second-order valence-electron chi connectivity index (χ2n) is 5.31. The van der Waals surface area contributed by atoms with Crippen LogP contribution < -0.4 is 10.1 Å². The molecular formula is C17H25NO3. The lowest BCUT2D eigenvalue weighted by molar-refractivity contribution is -0.117. The number of hydrogen-bond donors (Lipinski definition) is 2. The van der Waals surface area contributed by atoms with Crippen molar-refractivity contribution in [1.29, 1.82) is 0 Å². The number of methoxy groups -OCH3 is 1. The zero-order valence-corrected chi connectivity index (χ0v) is 13.2. The molecule has 116 valence electrons. The lowest BCUT2D eigenvalue weighted by atomic mass is 10.0. The molecule has 0 aliphatic rings. The Kier molecular flexibility index (Phi) is 6.96. The maximum absolute atomic E-state index is 11.9. The van der Waals surface area contributed by atoms with Crippen LogP contribution >= 0.6 is 0 Å². The normalized spacial score (nSPS) is 13.1. The zero-order chi connectivity index (χ0) is 15.8. The molecule has 1 atom stereocenters. The second-order valence-corrected chi connectivity index (χ2v) is 5.31. The number of ether oxygens (including phenoxy) is 1. The van der Waals surface area contributed by atoms with E-state index in [4.69, 9.17) is 4.74 Å². The van der Waals surface area contributed by atoms with E-state index in [1.54, 1.807) is 13.2 Å². The van der Waals surface area contributed by atoms with E-state index in [1.807, 2.05) is 45.0 Å². The van der Waals surface area contributed by atoms with Gasteiger partial charge in [0.05, 0.1) is 13.2 Å². The highest BCUT2D eigenvalue weighted by atomic mass is 16.5. The lowest BCUT2D eigenvalue weighted by Gasteiger charge is -2.14. The van der Waals surface area contributed by atoms with Crippen molar-refractivity contribution in [3.8, 4) is 5.75 Å². The first-order valence-corrected chi connectivity index (χ1v) is 7.28. The van der Waals surface area contributed by atoms with Gasteiger partial charge in [-0.25, -0.2) is 0 Å². The lowest BCUT2D eigenvalue weighted by Crippen LogP contribution is -2.33. The molecule has 0 aliphatic heterocycles. The van der Waals surface area contributed by atoms with Crippen LogP contribution in [0.15, 0.2) is 30.3 Å². The Balaban J connectivity index is 2.71. The van der Waals surface area contributed by atoms with E-state index >= 15 is 0 Å². The third-order valence-electron chi connectivity index (χ3n) is 3.40. The number of rotatable bonds is 7. The first-order valence-electron chi connectivity index (χ1n) is 7.28. The van der Waals surface area contributed by atoms with Gasteiger partial charge in [-0.1, -0.05) is 32.9 Å². The van der Waals surface area contributed by atoms with Gasteiger partial charge in [0, 0.05) is 12.6 Å². The molecule has 0 heterocycles. The Morgan fingerprint density at radius 3 is 2.43 bits per heavy atom. The number of carbonyl (C=O) groups excluding carboxylic acids is 1. The Labute approximate surface area is 126 Å². The average Bonchev–Trinajstić information content (AvgIpc) is 2.50. The van der Waals surface area contributed by atoms with Crippen molar-refractivity contribution in [2.24, 2.45) is 5.92 Å². The van der Waals surface area contributed by atoms with Gasteiger partial charge < -0.3 is 15.2 Å². The Morgan fingerprint density at radius 1 is 1.33 bits per heavy atom. The van der Waals surface area contributed by atoms with Crippen LogP contribution in [-0.4, -0.2) is 30.8 Å². The quantitative estimate of drug-likeness (QED) is 0.759. The van der Waals surface area contributed by atoms with E-state index in [0.29, 0.717) is 0 Å². The molecule has 0 aliphatic carbocycles. The Hall–Kier alpha value is -1.81. The van der Waals surface area contributed by atoms with Gasteiger partial charge in [0.15, 0.2) is 0 Å². The van der Waals surface area contributed by atoms with Crippen LogP contribution in [0.1, 0.15) is 32.8 Å². The van der Waals surface area contributed by atoms with E-state index in [0.717, 1.165) is 23.3 Å². The largest absolute Gasteiger partial charge is 0.497 e. The van der Waals surface area contributed by atoms with Crippen molar-refractivity contribution in [2.75, 3.05) is 13.7 Å². The molecule has 0 radical (unpaired) electrons. The van der Waals surface area contributed by atoms with Crippen LogP contribution in [0.2, 0.25) is 0 Å². The minimum atomic E-state index is -0.520. The smallest absolute Gasteiger partial charge is 0.244 e. The van der Waals surface area contributed by atoms with Gasteiger partial charge in [0.25, 0.3) is 0 Å². The molecule has 1 unspecified atom stereocenters. The van der Waals surface area contributed by atoms with Crippen molar-refractivity contribution < 1.29 is 14.6 Å². The molecular weight excluding hydrogens is 266 g/mol. The number of hydrogen-bond acceptors (Lipinski definition) is 3. The highest BCUT2D eigenvalue weighted by Crippen LogP contribution is 2.20. The highest BCUT2D eigenvalue weighted by Gasteiger charge is 2.10. The maximum atomic E-state index is 11.9. The number of amides is 1. The molecule has 0 saturated heterocycles. The SMILES string of the molecule is CC/C(=C/C(=O)NCC(O)C(C)C)c1ccc(OC)cc1. The summed E-state index contributed by atoms with van der Waals surface area (Å²) < 4.78 is 5.12. The molecule has 0 aromatic heterocycles. The number of aliphatic hydroxyl groups excluding tert-OH is 1. The molecule has 0 spiro atoms. The minimum absolute atomic E-state index is 0.126. The highest BCUT2D eigenvalue weighted by molar-refractivity contribution is 5.95. The van der Waals surface area contributed by atoms with E-state index in [9.17, 15) is 9.90 Å². The fourth-order valence-corrected chi connectivity index (χ4v) is 1.84. The minimum Gasteiger partial charge on any atom is -0.497 e. The first-order chi connectivity index (χ1) is 9.97. The van der Waals surface area contributed by atoms with Crippen LogP contribution in [0.3, 0.4) is 0 Å². The van der Waals surface area contributed by atoms with Gasteiger partial charge in [0.2, 0.25) is 5.91 Å². The predicted molar refractivity (Wildman–Crippen MR) is 85.1 cm³/mol. The van der Waals surface area contributed by atoms with Crippen molar-refractivity contribution >= 4 is 11.5 Å². The third-order valence-corrected chi connectivity index (χ3v) is 3.40. The van der Waals surface area contributed by atoms with Crippen molar-refractivity contribution in [1.82, 2.24) is 5.32 Å². The fraction of sp³-hybridized carbons (Fsp3) is 0.471. The average molecular weight is 291 g/mol. The van der Waals surface area contributed by atoms with Crippen LogP contribution in [-0.2, 0) is 4.79 Å². The van der Waals surface area contributed by atoms with Crippen LogP contribution in [0.5, 0.6) is 5.75 Å². The fourth-order valence-electron chi connectivity index (χ4n) is 1.84. The molecule has 1 aromatic carbocycles. The summed E-state index contributed by atoms with van der Waals surface area (Å²) in [5, 5.41) is 12.4. The maximum Gasteiger partial charge on any atom is 0.244 e. The summed E-state index contributed by atoms with van der Waals surface area (Å²) in [5.41, 5.74) is 1.95. The van der Waals surface area contributed by atoms with E-state index < -0.39 is 6.10 Å². The van der Waals surface area contributed by atoms with Crippen molar-refractivity contribution in [3.63, 3.8) is 0 Å². The third kappa shape index (κ3) is 5.60. The van der Waals surface area contributed by atoms with Crippen molar-refractivity contribution in [2.45, 2.75) is 33.3 Å². The number of carbonyl (C=O) groups is 1. The van der Waals surface area contributed by atoms with E-state index in [1.165, 1.54) is 0 Å². The summed E-state index contributed by atoms with van der Waals surface area (Å²) in [6, 6.07) is 7.62. The summed E-state index contributed by atoms with van der Waals surface area (Å²) in [6.45, 7) is 6.11. The second kappa shape index (κ2) is 8.47. The predicted octanol–water partition coefficient (Wildman–Crippen LogP) is 2.62. The van der Waals surface area contributed by atoms with Gasteiger partial charge in [-0.2, -0.15) is 0 Å². The molecule has 0 fully saturated rings. The topological polar surface area (TPSA) is 58.6 Å². The van der Waals surface area contributed by atoms with Crippen LogP contribution in [0, 0.1) is 5.92 Å². The van der Waals surface area contributed by atoms with Crippen LogP contribution in [0.4, 0.5) is 0 Å². The summed E-state index contributed by atoms with van der Waals surface area (Å²) in [7, 11) is 1.62. The molecule has 2 N–H and O–H groups in total. The molecule has 0 saturated carbocycles. The monoisotopic (exact) mass is 291 g/mol. The Morgan fingerprint density at radius 2 is 1.95 bits per heavy atom.